The van der Waals surface area contributed by atoms with E-state index >= 15 is 0 Å². The second-order valence-corrected chi connectivity index (χ2v) is 4.11. The Morgan fingerprint density at radius 1 is 1.40 bits per heavy atom. The Morgan fingerprint density at radius 3 is 2.75 bits per heavy atom. The summed E-state index contributed by atoms with van der Waals surface area (Å²) in [5.41, 5.74) is -0.275. The third-order valence-corrected chi connectivity index (χ3v) is 2.67. The number of rotatable bonds is 5. The molecule has 0 fully saturated rings. The summed E-state index contributed by atoms with van der Waals surface area (Å²) in [6.45, 7) is -0.169. The third-order valence-electron chi connectivity index (χ3n) is 2.37. The molecule has 0 spiro atoms. The van der Waals surface area contributed by atoms with E-state index in [9.17, 15) is 14.9 Å². The van der Waals surface area contributed by atoms with Crippen LogP contribution in [0.5, 0.6) is 5.75 Å². The zero-order valence-electron chi connectivity index (χ0n) is 9.91. The van der Waals surface area contributed by atoms with E-state index in [1.54, 1.807) is 0 Å². The molecule has 0 amide bonds. The number of para-hydroxylation sites is 1. The number of nitro groups is 1. The van der Waals surface area contributed by atoms with Gasteiger partial charge >= 0.3 is 11.7 Å². The lowest BCUT2D eigenvalue weighted by Crippen LogP contribution is -1.99. The topological polar surface area (TPSA) is 103 Å². The van der Waals surface area contributed by atoms with Crippen molar-refractivity contribution in [2.75, 3.05) is 0 Å². The van der Waals surface area contributed by atoms with Gasteiger partial charge in [0.25, 0.3) is 0 Å². The molecule has 1 N–H and O–H groups in total. The van der Waals surface area contributed by atoms with Crippen molar-refractivity contribution in [2.45, 2.75) is 6.61 Å². The molecule has 0 saturated carbocycles. The molecule has 0 aliphatic heterocycles. The summed E-state index contributed by atoms with van der Waals surface area (Å²) in [6.07, 6.45) is 0. The maximum Gasteiger partial charge on any atom is 0.371 e. The zero-order chi connectivity index (χ0) is 14.7. The third kappa shape index (κ3) is 2.89. The number of halogens is 1. The van der Waals surface area contributed by atoms with Crippen LogP contribution in [-0.2, 0) is 6.61 Å². The fourth-order valence-electron chi connectivity index (χ4n) is 1.50. The first-order chi connectivity index (χ1) is 9.49. The van der Waals surface area contributed by atoms with Gasteiger partial charge in [0, 0.05) is 6.07 Å². The van der Waals surface area contributed by atoms with Crippen molar-refractivity contribution in [1.29, 1.82) is 0 Å². The first kappa shape index (κ1) is 13.9. The van der Waals surface area contributed by atoms with Crippen LogP contribution in [0.4, 0.5) is 5.69 Å². The molecule has 0 unspecified atom stereocenters. The van der Waals surface area contributed by atoms with E-state index in [1.807, 2.05) is 0 Å². The van der Waals surface area contributed by atoms with Gasteiger partial charge < -0.3 is 14.3 Å². The van der Waals surface area contributed by atoms with Crippen LogP contribution in [0, 0.1) is 10.1 Å². The van der Waals surface area contributed by atoms with Gasteiger partial charge in [0.1, 0.15) is 12.4 Å². The Bertz CT molecular complexity index is 666. The largest absolute Gasteiger partial charge is 0.478 e. The Kier molecular flexibility index (Phi) is 3.90. The minimum absolute atomic E-state index is 0.0872. The summed E-state index contributed by atoms with van der Waals surface area (Å²) in [5.74, 6) is -1.32. The first-order valence-electron chi connectivity index (χ1n) is 5.36. The van der Waals surface area contributed by atoms with Gasteiger partial charge in [0.2, 0.25) is 11.5 Å². The van der Waals surface area contributed by atoms with Gasteiger partial charge in [-0.1, -0.05) is 17.7 Å². The van der Waals surface area contributed by atoms with Gasteiger partial charge in [-0.2, -0.15) is 0 Å². The Morgan fingerprint density at radius 2 is 2.15 bits per heavy atom. The van der Waals surface area contributed by atoms with Crippen LogP contribution in [0.25, 0.3) is 0 Å². The molecule has 0 aliphatic rings. The van der Waals surface area contributed by atoms with E-state index in [1.165, 1.54) is 30.3 Å². The van der Waals surface area contributed by atoms with E-state index < -0.39 is 10.9 Å². The van der Waals surface area contributed by atoms with Crippen molar-refractivity contribution in [3.05, 3.63) is 57.0 Å². The number of ether oxygens (including phenoxy) is 1. The smallest absolute Gasteiger partial charge is 0.371 e. The lowest BCUT2D eigenvalue weighted by atomic mass is 10.3. The molecule has 104 valence electrons. The Balaban J connectivity index is 2.18. The zero-order valence-corrected chi connectivity index (χ0v) is 10.7. The maximum absolute atomic E-state index is 10.8. The number of aromatic carboxylic acids is 1. The molecule has 2 aromatic rings. The van der Waals surface area contributed by atoms with Gasteiger partial charge in [0.15, 0.2) is 0 Å². The standard InChI is InChI=1S/C12H8ClNO6/c13-8-2-1-3-9(14(17)18)11(8)19-6-7-4-5-10(20-7)12(15)16/h1-5H,6H2,(H,15,16). The summed E-state index contributed by atoms with van der Waals surface area (Å²) < 4.78 is 10.2. The molecule has 1 aromatic heterocycles. The molecule has 0 bridgehead atoms. The molecular weight excluding hydrogens is 290 g/mol. The van der Waals surface area contributed by atoms with Gasteiger partial charge in [0.05, 0.1) is 9.95 Å². The molecule has 0 saturated heterocycles. The first-order valence-corrected chi connectivity index (χ1v) is 5.74. The number of carboxylic acids is 1. The number of nitrogens with zero attached hydrogens (tertiary/aromatic N) is 1. The lowest BCUT2D eigenvalue weighted by Gasteiger charge is -2.06. The van der Waals surface area contributed by atoms with Crippen molar-refractivity contribution in [3.63, 3.8) is 0 Å². The molecule has 0 atom stereocenters. The van der Waals surface area contributed by atoms with E-state index in [0.29, 0.717) is 0 Å². The van der Waals surface area contributed by atoms with Crippen molar-refractivity contribution in [1.82, 2.24) is 0 Å². The number of furan rings is 1. The molecular formula is C12H8ClNO6. The fourth-order valence-corrected chi connectivity index (χ4v) is 1.72. The molecule has 2 rings (SSSR count). The highest BCUT2D eigenvalue weighted by molar-refractivity contribution is 6.32. The van der Waals surface area contributed by atoms with Gasteiger partial charge in [-0.25, -0.2) is 4.79 Å². The second kappa shape index (κ2) is 5.62. The minimum atomic E-state index is -1.21. The van der Waals surface area contributed by atoms with E-state index in [2.05, 4.69) is 0 Å². The van der Waals surface area contributed by atoms with Crippen molar-refractivity contribution in [3.8, 4) is 5.75 Å². The summed E-state index contributed by atoms with van der Waals surface area (Å²) in [6, 6.07) is 6.82. The number of hydrogen-bond donors (Lipinski definition) is 1. The van der Waals surface area contributed by atoms with Gasteiger partial charge in [-0.05, 0) is 18.2 Å². The molecule has 1 heterocycles. The summed E-state index contributed by atoms with van der Waals surface area (Å²) in [7, 11) is 0. The monoisotopic (exact) mass is 297 g/mol. The molecule has 7 nitrogen and oxygen atoms in total. The Labute approximate surface area is 117 Å². The van der Waals surface area contributed by atoms with Crippen molar-refractivity contribution in [2.24, 2.45) is 0 Å². The average molecular weight is 298 g/mol. The van der Waals surface area contributed by atoms with Gasteiger partial charge in [-0.15, -0.1) is 0 Å². The van der Waals surface area contributed by atoms with Crippen molar-refractivity contribution >= 4 is 23.3 Å². The average Bonchev–Trinajstić information content (AvgIpc) is 2.86. The SMILES string of the molecule is O=C(O)c1ccc(COc2c(Cl)cccc2[N+](=O)[O-])o1. The van der Waals surface area contributed by atoms with E-state index in [-0.39, 0.29) is 34.6 Å². The van der Waals surface area contributed by atoms with E-state index in [0.717, 1.165) is 0 Å². The second-order valence-electron chi connectivity index (χ2n) is 3.70. The summed E-state index contributed by atoms with van der Waals surface area (Å²) in [4.78, 5) is 20.9. The van der Waals surface area contributed by atoms with Gasteiger partial charge in [-0.3, -0.25) is 10.1 Å². The van der Waals surface area contributed by atoms with Crippen LogP contribution in [0.3, 0.4) is 0 Å². The molecule has 1 aromatic carbocycles. The molecule has 8 heteroatoms. The quantitative estimate of drug-likeness (QED) is 0.672. The van der Waals surface area contributed by atoms with E-state index in [4.69, 9.17) is 25.9 Å². The van der Waals surface area contributed by atoms with Crippen LogP contribution < -0.4 is 4.74 Å². The van der Waals surface area contributed by atoms with Crippen molar-refractivity contribution < 1.29 is 24.0 Å². The minimum Gasteiger partial charge on any atom is -0.478 e. The maximum atomic E-state index is 10.8. The predicted molar refractivity (Wildman–Crippen MR) is 68.1 cm³/mol. The molecule has 20 heavy (non-hydrogen) atoms. The summed E-state index contributed by atoms with van der Waals surface area (Å²) >= 11 is 5.84. The Hall–Kier alpha value is -2.54. The highest BCUT2D eigenvalue weighted by atomic mass is 35.5. The predicted octanol–water partition coefficient (Wildman–Crippen LogP) is 3.12. The van der Waals surface area contributed by atoms with Crippen LogP contribution in [0.2, 0.25) is 5.02 Å². The van der Waals surface area contributed by atoms with Crippen LogP contribution in [-0.4, -0.2) is 16.0 Å². The highest BCUT2D eigenvalue weighted by Gasteiger charge is 2.19. The number of hydrogen-bond acceptors (Lipinski definition) is 5. The number of carboxylic acid groups (broad SMARTS) is 1. The normalized spacial score (nSPS) is 10.2. The highest BCUT2D eigenvalue weighted by Crippen LogP contribution is 2.34. The fraction of sp³-hybridized carbons (Fsp3) is 0.0833. The molecule has 0 radical (unpaired) electrons. The number of nitro benzene ring substituents is 1. The number of carbonyl (C=O) groups is 1. The van der Waals surface area contributed by atoms with Crippen LogP contribution in [0.15, 0.2) is 34.7 Å². The van der Waals surface area contributed by atoms with Crippen LogP contribution in [0.1, 0.15) is 16.3 Å². The summed E-state index contributed by atoms with van der Waals surface area (Å²) in [5, 5.41) is 19.6. The van der Waals surface area contributed by atoms with Crippen LogP contribution >= 0.6 is 11.6 Å². The molecule has 0 aliphatic carbocycles. The lowest BCUT2D eigenvalue weighted by molar-refractivity contribution is -0.385. The number of benzene rings is 1.